The highest BCUT2D eigenvalue weighted by Crippen LogP contribution is 2.33. The van der Waals surface area contributed by atoms with Gasteiger partial charge < -0.3 is 4.90 Å². The van der Waals surface area contributed by atoms with Crippen molar-refractivity contribution < 1.29 is 4.79 Å². The first-order chi connectivity index (χ1) is 13.0. The fourth-order valence-corrected chi connectivity index (χ4v) is 3.40. The van der Waals surface area contributed by atoms with E-state index >= 15 is 0 Å². The van der Waals surface area contributed by atoms with Crippen LogP contribution in [-0.2, 0) is 11.3 Å². The summed E-state index contributed by atoms with van der Waals surface area (Å²) in [6.45, 7) is 0.438. The van der Waals surface area contributed by atoms with Gasteiger partial charge in [-0.2, -0.15) is 0 Å². The Hall–Kier alpha value is -2.33. The first-order valence-corrected chi connectivity index (χ1v) is 9.36. The van der Waals surface area contributed by atoms with Gasteiger partial charge in [-0.25, -0.2) is 4.99 Å². The molecule has 0 N–H and O–H groups in total. The van der Waals surface area contributed by atoms with Crippen LogP contribution in [0.25, 0.3) is 0 Å². The molecule has 0 atom stereocenters. The Labute approximate surface area is 171 Å². The molecule has 0 spiro atoms. The van der Waals surface area contributed by atoms with Gasteiger partial charge >= 0.3 is 0 Å². The molecule has 6 heteroatoms. The number of hydrogen-bond donors (Lipinski definition) is 0. The fraction of sp³-hybridized carbons (Fsp3) is 0.0476. The standard InChI is InChI=1S/C21H13Cl3N2O/c22-14-7-5-13(6-8-14)12-26-19-4-2-1-3-16(19)20(21(26)27)25-15-9-10-17(23)18(24)11-15/h1-11H,12H2. The summed E-state index contributed by atoms with van der Waals surface area (Å²) in [5.41, 5.74) is 3.57. The normalized spacial score (nSPS) is 14.7. The third kappa shape index (κ3) is 3.59. The molecule has 1 heterocycles. The van der Waals surface area contributed by atoms with Crippen LogP contribution >= 0.6 is 34.8 Å². The van der Waals surface area contributed by atoms with Crippen molar-refractivity contribution in [3.05, 3.63) is 92.9 Å². The fourth-order valence-electron chi connectivity index (χ4n) is 2.98. The van der Waals surface area contributed by atoms with Crippen LogP contribution in [0.2, 0.25) is 15.1 Å². The molecule has 1 amide bonds. The maximum absolute atomic E-state index is 13.1. The van der Waals surface area contributed by atoms with Crippen molar-refractivity contribution in [1.29, 1.82) is 0 Å². The SMILES string of the molecule is O=C1C(=Nc2ccc(Cl)c(Cl)c2)c2ccccc2N1Cc1ccc(Cl)cc1. The Balaban J connectivity index is 1.74. The Morgan fingerprint density at radius 2 is 1.59 bits per heavy atom. The van der Waals surface area contributed by atoms with Crippen molar-refractivity contribution in [3.8, 4) is 0 Å². The molecule has 0 saturated carbocycles. The molecule has 3 nitrogen and oxygen atoms in total. The zero-order valence-corrected chi connectivity index (χ0v) is 16.3. The Morgan fingerprint density at radius 3 is 2.33 bits per heavy atom. The molecule has 0 radical (unpaired) electrons. The minimum Gasteiger partial charge on any atom is -0.302 e. The number of fused-ring (bicyclic) bond motifs is 1. The monoisotopic (exact) mass is 414 g/mol. The first kappa shape index (κ1) is 18.1. The van der Waals surface area contributed by atoms with E-state index in [0.29, 0.717) is 33.0 Å². The first-order valence-electron chi connectivity index (χ1n) is 8.22. The van der Waals surface area contributed by atoms with Crippen LogP contribution in [0.1, 0.15) is 11.1 Å². The topological polar surface area (TPSA) is 32.7 Å². The van der Waals surface area contributed by atoms with E-state index in [4.69, 9.17) is 34.8 Å². The Morgan fingerprint density at radius 1 is 0.852 bits per heavy atom. The summed E-state index contributed by atoms with van der Waals surface area (Å²) >= 11 is 18.0. The summed E-state index contributed by atoms with van der Waals surface area (Å²) in [5, 5.41) is 1.51. The molecule has 1 aliphatic rings. The highest BCUT2D eigenvalue weighted by atomic mass is 35.5. The molecule has 0 fully saturated rings. The molecule has 27 heavy (non-hydrogen) atoms. The molecule has 0 unspecified atom stereocenters. The molecule has 3 aromatic carbocycles. The summed E-state index contributed by atoms with van der Waals surface area (Å²) in [7, 11) is 0. The molecule has 0 saturated heterocycles. The van der Waals surface area contributed by atoms with E-state index in [1.165, 1.54) is 0 Å². The molecule has 134 valence electrons. The van der Waals surface area contributed by atoms with Gasteiger partial charge in [-0.05, 0) is 42.0 Å². The van der Waals surface area contributed by atoms with Crippen LogP contribution in [0.5, 0.6) is 0 Å². The molecule has 0 bridgehead atoms. The average molecular weight is 416 g/mol. The molecule has 4 rings (SSSR count). The van der Waals surface area contributed by atoms with Crippen molar-refractivity contribution in [2.24, 2.45) is 4.99 Å². The second-order valence-electron chi connectivity index (χ2n) is 6.09. The smallest absolute Gasteiger partial charge is 0.277 e. The van der Waals surface area contributed by atoms with Crippen molar-refractivity contribution in [2.45, 2.75) is 6.54 Å². The lowest BCUT2D eigenvalue weighted by molar-refractivity contribution is -0.112. The van der Waals surface area contributed by atoms with Gasteiger partial charge in [0.15, 0.2) is 0 Å². The van der Waals surface area contributed by atoms with Crippen LogP contribution in [0, 0.1) is 0 Å². The number of benzene rings is 3. The third-order valence-corrected chi connectivity index (χ3v) is 5.29. The van der Waals surface area contributed by atoms with E-state index in [2.05, 4.69) is 4.99 Å². The van der Waals surface area contributed by atoms with Crippen LogP contribution in [0.15, 0.2) is 71.7 Å². The number of para-hydroxylation sites is 1. The second-order valence-corrected chi connectivity index (χ2v) is 7.34. The highest BCUT2D eigenvalue weighted by Gasteiger charge is 2.33. The van der Waals surface area contributed by atoms with Gasteiger partial charge in [0.1, 0.15) is 5.71 Å². The highest BCUT2D eigenvalue weighted by molar-refractivity contribution is 6.54. The quantitative estimate of drug-likeness (QED) is 0.493. The van der Waals surface area contributed by atoms with Crippen LogP contribution in [0.3, 0.4) is 0 Å². The number of rotatable bonds is 3. The van der Waals surface area contributed by atoms with Crippen LogP contribution in [0.4, 0.5) is 11.4 Å². The van der Waals surface area contributed by atoms with Crippen molar-refractivity contribution in [2.75, 3.05) is 4.90 Å². The predicted octanol–water partition coefficient (Wildman–Crippen LogP) is 6.31. The largest absolute Gasteiger partial charge is 0.302 e. The number of carbonyl (C=O) groups excluding carboxylic acids is 1. The summed E-state index contributed by atoms with van der Waals surface area (Å²) in [6.07, 6.45) is 0. The molecule has 1 aliphatic heterocycles. The van der Waals surface area contributed by atoms with Gasteiger partial charge in [-0.1, -0.05) is 65.1 Å². The van der Waals surface area contributed by atoms with E-state index in [0.717, 1.165) is 16.8 Å². The minimum atomic E-state index is -0.155. The van der Waals surface area contributed by atoms with Gasteiger partial charge in [-0.15, -0.1) is 0 Å². The lowest BCUT2D eigenvalue weighted by atomic mass is 10.1. The van der Waals surface area contributed by atoms with Crippen LogP contribution < -0.4 is 4.90 Å². The van der Waals surface area contributed by atoms with E-state index in [1.807, 2.05) is 48.5 Å². The molecular formula is C21H13Cl3N2O. The van der Waals surface area contributed by atoms with Crippen molar-refractivity contribution in [3.63, 3.8) is 0 Å². The van der Waals surface area contributed by atoms with E-state index in [-0.39, 0.29) is 5.91 Å². The van der Waals surface area contributed by atoms with E-state index in [1.54, 1.807) is 23.1 Å². The van der Waals surface area contributed by atoms with Crippen molar-refractivity contribution >= 4 is 57.8 Å². The lowest BCUT2D eigenvalue weighted by Crippen LogP contribution is -2.29. The third-order valence-electron chi connectivity index (χ3n) is 4.30. The maximum Gasteiger partial charge on any atom is 0.277 e. The number of aliphatic imine (C=N–C) groups is 1. The van der Waals surface area contributed by atoms with Gasteiger partial charge in [0.05, 0.1) is 28.0 Å². The molecule has 0 aromatic heterocycles. The zero-order valence-electron chi connectivity index (χ0n) is 14.0. The van der Waals surface area contributed by atoms with E-state index < -0.39 is 0 Å². The Kier molecular flexibility index (Phi) is 4.92. The van der Waals surface area contributed by atoms with Crippen molar-refractivity contribution in [1.82, 2.24) is 0 Å². The van der Waals surface area contributed by atoms with Gasteiger partial charge in [0.2, 0.25) is 0 Å². The van der Waals surface area contributed by atoms with Gasteiger partial charge in [0, 0.05) is 10.6 Å². The molecule has 0 aliphatic carbocycles. The van der Waals surface area contributed by atoms with Crippen LogP contribution in [-0.4, -0.2) is 11.6 Å². The summed E-state index contributed by atoms with van der Waals surface area (Å²) in [6, 6.07) is 20.1. The minimum absolute atomic E-state index is 0.155. The molecular weight excluding hydrogens is 403 g/mol. The number of halogens is 3. The lowest BCUT2D eigenvalue weighted by Gasteiger charge is -2.16. The maximum atomic E-state index is 13.1. The zero-order chi connectivity index (χ0) is 19.0. The number of hydrogen-bond acceptors (Lipinski definition) is 2. The van der Waals surface area contributed by atoms with E-state index in [9.17, 15) is 4.79 Å². The summed E-state index contributed by atoms with van der Waals surface area (Å²) in [5.74, 6) is -0.155. The van der Waals surface area contributed by atoms with Gasteiger partial charge in [-0.3, -0.25) is 4.79 Å². The summed E-state index contributed by atoms with van der Waals surface area (Å²) in [4.78, 5) is 19.4. The average Bonchev–Trinajstić information content (AvgIpc) is 2.92. The number of carbonyl (C=O) groups is 1. The summed E-state index contributed by atoms with van der Waals surface area (Å²) < 4.78 is 0. The predicted molar refractivity (Wildman–Crippen MR) is 112 cm³/mol. The number of nitrogens with zero attached hydrogens (tertiary/aromatic N) is 2. The second kappa shape index (κ2) is 7.35. The number of anilines is 1. The Bertz CT molecular complexity index is 1060. The number of amides is 1. The van der Waals surface area contributed by atoms with Gasteiger partial charge in [0.25, 0.3) is 5.91 Å². The molecule has 3 aromatic rings.